The fourth-order valence-electron chi connectivity index (χ4n) is 5.04. The number of ether oxygens (including phenoxy) is 2. The molecule has 3 aromatic carbocycles. The lowest BCUT2D eigenvalue weighted by Crippen LogP contribution is -2.46. The fourth-order valence-corrected chi connectivity index (χ4v) is 5.04. The lowest BCUT2D eigenvalue weighted by atomic mass is 9.98. The van der Waals surface area contributed by atoms with E-state index in [1.807, 2.05) is 31.2 Å². The molecular formula is C31H34N2O4. The second-order valence-electron chi connectivity index (χ2n) is 10.1. The van der Waals surface area contributed by atoms with Crippen molar-refractivity contribution < 1.29 is 19.4 Å². The second kappa shape index (κ2) is 10.3. The first kappa shape index (κ1) is 24.9. The van der Waals surface area contributed by atoms with Gasteiger partial charge in [0.15, 0.2) is 5.76 Å². The Morgan fingerprint density at radius 3 is 2.32 bits per heavy atom. The topological polar surface area (TPSA) is 62.2 Å². The molecule has 192 valence electrons. The minimum absolute atomic E-state index is 0.133. The number of fused-ring (bicyclic) bond motifs is 1. The Morgan fingerprint density at radius 1 is 1.03 bits per heavy atom. The Balaban J connectivity index is 1.32. The van der Waals surface area contributed by atoms with Crippen LogP contribution in [0.1, 0.15) is 52.4 Å². The summed E-state index contributed by atoms with van der Waals surface area (Å²) in [7, 11) is 1.67. The molecule has 0 saturated carbocycles. The molecule has 0 spiro atoms. The van der Waals surface area contributed by atoms with Gasteiger partial charge in [-0.05, 0) is 65.9 Å². The molecule has 6 heteroatoms. The summed E-state index contributed by atoms with van der Waals surface area (Å²) in [6.45, 7) is 10.1. The number of Topliss-reactive ketones (excluding diaryl/α,β-unsaturated/α-hetero) is 1. The van der Waals surface area contributed by atoms with E-state index in [1.54, 1.807) is 19.3 Å². The summed E-state index contributed by atoms with van der Waals surface area (Å²) in [5.41, 5.74) is 5.28. The molecule has 0 aliphatic carbocycles. The average molecular weight is 499 g/mol. The Morgan fingerprint density at radius 2 is 1.70 bits per heavy atom. The zero-order valence-electron chi connectivity index (χ0n) is 22.0. The first-order valence-electron chi connectivity index (χ1n) is 12.8. The van der Waals surface area contributed by atoms with Gasteiger partial charge in [-0.2, -0.15) is 0 Å². The number of hydrogen-bond donors (Lipinski definition) is 1. The number of phenols is 1. The van der Waals surface area contributed by atoms with Crippen LogP contribution in [0, 0.1) is 6.92 Å². The van der Waals surface area contributed by atoms with E-state index in [4.69, 9.17) is 9.47 Å². The van der Waals surface area contributed by atoms with Crippen LogP contribution < -0.4 is 14.4 Å². The summed E-state index contributed by atoms with van der Waals surface area (Å²) in [6.07, 6.45) is 1.79. The van der Waals surface area contributed by atoms with E-state index in [-0.39, 0.29) is 11.5 Å². The predicted molar refractivity (Wildman–Crippen MR) is 147 cm³/mol. The lowest BCUT2D eigenvalue weighted by Gasteiger charge is -2.36. The van der Waals surface area contributed by atoms with Crippen molar-refractivity contribution in [3.05, 3.63) is 88.2 Å². The van der Waals surface area contributed by atoms with Crippen LogP contribution in [0.15, 0.2) is 60.4 Å². The standard InChI is InChI=1S/C31H34N2O4/c1-20(2)23-7-5-22(6-8-23)18-28-30(35)29-21(3)17-27(34)26(31(29)37-28)19-32-13-15-33(16-14-32)24-9-11-25(36-4)12-10-24/h5-12,17-18,20,34H,13-16,19H2,1-4H3/b28-18+. The van der Waals surface area contributed by atoms with Crippen molar-refractivity contribution in [2.45, 2.75) is 33.2 Å². The highest BCUT2D eigenvalue weighted by atomic mass is 16.5. The van der Waals surface area contributed by atoms with E-state index in [0.29, 0.717) is 35.1 Å². The molecule has 2 aliphatic rings. The van der Waals surface area contributed by atoms with Crippen LogP contribution in [0.4, 0.5) is 5.69 Å². The van der Waals surface area contributed by atoms with Gasteiger partial charge in [0.1, 0.15) is 17.2 Å². The summed E-state index contributed by atoms with van der Waals surface area (Å²) in [5.74, 6) is 2.12. The maximum absolute atomic E-state index is 13.3. The van der Waals surface area contributed by atoms with Crippen LogP contribution in [0.2, 0.25) is 0 Å². The van der Waals surface area contributed by atoms with Gasteiger partial charge in [0.05, 0.1) is 18.2 Å². The molecule has 0 bridgehead atoms. The van der Waals surface area contributed by atoms with Crippen molar-refractivity contribution >= 4 is 17.5 Å². The van der Waals surface area contributed by atoms with E-state index in [1.165, 1.54) is 11.3 Å². The third kappa shape index (κ3) is 5.07. The van der Waals surface area contributed by atoms with E-state index < -0.39 is 0 Å². The SMILES string of the molecule is COc1ccc(N2CCN(Cc3c(O)cc(C)c4c3O/C(=C/c3ccc(C(C)C)cc3)C4=O)CC2)cc1. The number of phenolic OH excluding ortho intramolecular Hbond substituents is 1. The molecule has 6 nitrogen and oxygen atoms in total. The van der Waals surface area contributed by atoms with Crippen molar-refractivity contribution in [2.24, 2.45) is 0 Å². The monoisotopic (exact) mass is 498 g/mol. The molecule has 1 N–H and O–H groups in total. The number of rotatable bonds is 6. The minimum atomic E-state index is -0.133. The number of carbonyl (C=O) groups is 1. The Labute approximate surface area is 218 Å². The van der Waals surface area contributed by atoms with Gasteiger partial charge in [0.2, 0.25) is 5.78 Å². The van der Waals surface area contributed by atoms with Gasteiger partial charge in [-0.3, -0.25) is 9.69 Å². The van der Waals surface area contributed by atoms with Crippen LogP contribution in [0.25, 0.3) is 6.08 Å². The maximum Gasteiger partial charge on any atom is 0.232 e. The summed E-state index contributed by atoms with van der Waals surface area (Å²) in [5, 5.41) is 10.9. The third-order valence-electron chi connectivity index (χ3n) is 7.31. The number of allylic oxidation sites excluding steroid dienone is 1. The first-order valence-corrected chi connectivity index (χ1v) is 12.8. The molecule has 5 rings (SSSR count). The van der Waals surface area contributed by atoms with Crippen LogP contribution >= 0.6 is 0 Å². The first-order chi connectivity index (χ1) is 17.8. The van der Waals surface area contributed by atoms with Crippen molar-refractivity contribution in [1.29, 1.82) is 0 Å². The van der Waals surface area contributed by atoms with Gasteiger partial charge in [0, 0.05) is 38.4 Å². The second-order valence-corrected chi connectivity index (χ2v) is 10.1. The molecule has 0 amide bonds. The Bertz CT molecular complexity index is 1320. The number of aryl methyl sites for hydroxylation is 1. The molecule has 2 heterocycles. The quantitative estimate of drug-likeness (QED) is 0.435. The Kier molecular flexibility index (Phi) is 6.94. The number of methoxy groups -OCH3 is 1. The van der Waals surface area contributed by atoms with Crippen molar-refractivity contribution in [3.8, 4) is 17.2 Å². The number of ketones is 1. The lowest BCUT2D eigenvalue weighted by molar-refractivity contribution is 0.101. The van der Waals surface area contributed by atoms with Gasteiger partial charge in [-0.25, -0.2) is 0 Å². The molecule has 0 radical (unpaired) electrons. The highest BCUT2D eigenvalue weighted by Crippen LogP contribution is 2.42. The van der Waals surface area contributed by atoms with Crippen LogP contribution in [-0.2, 0) is 6.54 Å². The van der Waals surface area contributed by atoms with Gasteiger partial charge in [-0.15, -0.1) is 0 Å². The average Bonchev–Trinajstić information content (AvgIpc) is 3.23. The zero-order chi connectivity index (χ0) is 26.1. The number of aromatic hydroxyl groups is 1. The highest BCUT2D eigenvalue weighted by molar-refractivity contribution is 6.15. The molecule has 2 aliphatic heterocycles. The number of hydrogen-bond acceptors (Lipinski definition) is 6. The van der Waals surface area contributed by atoms with Gasteiger partial charge in [0.25, 0.3) is 0 Å². The van der Waals surface area contributed by atoms with Crippen molar-refractivity contribution in [1.82, 2.24) is 4.90 Å². The molecule has 3 aromatic rings. The summed E-state index contributed by atoms with van der Waals surface area (Å²) in [4.78, 5) is 17.9. The number of carbonyl (C=O) groups excluding carboxylic acids is 1. The van der Waals surface area contributed by atoms with Crippen molar-refractivity contribution in [2.75, 3.05) is 38.2 Å². The number of benzene rings is 3. The number of piperazine rings is 1. The van der Waals surface area contributed by atoms with Gasteiger partial charge >= 0.3 is 0 Å². The molecule has 0 aromatic heterocycles. The highest BCUT2D eigenvalue weighted by Gasteiger charge is 2.34. The Hall–Kier alpha value is -3.77. The van der Waals surface area contributed by atoms with Gasteiger partial charge in [-0.1, -0.05) is 38.1 Å². The smallest absolute Gasteiger partial charge is 0.232 e. The number of nitrogens with zero attached hydrogens (tertiary/aromatic N) is 2. The van der Waals surface area contributed by atoms with E-state index in [9.17, 15) is 9.90 Å². The van der Waals surface area contributed by atoms with E-state index in [0.717, 1.165) is 43.1 Å². The van der Waals surface area contributed by atoms with E-state index in [2.05, 4.69) is 47.9 Å². The molecule has 0 unspecified atom stereocenters. The van der Waals surface area contributed by atoms with E-state index >= 15 is 0 Å². The molecule has 1 fully saturated rings. The van der Waals surface area contributed by atoms with Crippen LogP contribution in [-0.4, -0.2) is 49.1 Å². The minimum Gasteiger partial charge on any atom is -0.507 e. The fraction of sp³-hybridized carbons (Fsp3) is 0.323. The maximum atomic E-state index is 13.3. The third-order valence-corrected chi connectivity index (χ3v) is 7.31. The predicted octanol–water partition coefficient (Wildman–Crippen LogP) is 5.77. The summed E-state index contributed by atoms with van der Waals surface area (Å²) >= 11 is 0. The summed E-state index contributed by atoms with van der Waals surface area (Å²) < 4.78 is 11.4. The molecule has 0 atom stereocenters. The van der Waals surface area contributed by atoms with Gasteiger partial charge < -0.3 is 19.5 Å². The molecular weight excluding hydrogens is 464 g/mol. The molecule has 1 saturated heterocycles. The van der Waals surface area contributed by atoms with Crippen LogP contribution in [0.3, 0.4) is 0 Å². The normalized spacial score (nSPS) is 16.8. The summed E-state index contributed by atoms with van der Waals surface area (Å²) in [6, 6.07) is 18.0. The van der Waals surface area contributed by atoms with Crippen molar-refractivity contribution in [3.63, 3.8) is 0 Å². The molecule has 37 heavy (non-hydrogen) atoms. The van der Waals surface area contributed by atoms with Crippen LogP contribution in [0.5, 0.6) is 17.2 Å². The largest absolute Gasteiger partial charge is 0.507 e. The number of anilines is 1. The zero-order valence-corrected chi connectivity index (χ0v) is 22.0.